The van der Waals surface area contributed by atoms with Crippen LogP contribution in [-0.4, -0.2) is 37.6 Å². The first-order valence-electron chi connectivity index (χ1n) is 6.32. The lowest BCUT2D eigenvalue weighted by Gasteiger charge is -2.17. The van der Waals surface area contributed by atoms with Gasteiger partial charge in [-0.2, -0.15) is 13.2 Å². The smallest absolute Gasteiger partial charge is 0.370 e. The van der Waals surface area contributed by atoms with Crippen molar-refractivity contribution in [2.75, 3.05) is 24.7 Å². The number of hydrogen-bond acceptors (Lipinski definition) is 3. The topological polar surface area (TPSA) is 46.6 Å². The maximum atomic E-state index is 12.0. The second-order valence-electron chi connectivity index (χ2n) is 4.93. The molecule has 0 bridgehead atoms. The highest BCUT2D eigenvalue weighted by molar-refractivity contribution is 6.52. The molecule has 0 N–H and O–H groups in total. The molecule has 114 valence electrons. The maximum absolute atomic E-state index is 12.0. The summed E-state index contributed by atoms with van der Waals surface area (Å²) in [6.45, 7) is 1.80. The molecule has 1 heterocycles. The lowest BCUT2D eigenvalue weighted by molar-refractivity contribution is -0.173. The minimum absolute atomic E-state index is 0.0868. The van der Waals surface area contributed by atoms with Gasteiger partial charge in [0.05, 0.1) is 17.9 Å². The number of ether oxygens (including phenoxy) is 1. The summed E-state index contributed by atoms with van der Waals surface area (Å²) in [4.78, 5) is 25.0. The van der Waals surface area contributed by atoms with E-state index in [1.54, 1.807) is 19.1 Å². The summed E-state index contributed by atoms with van der Waals surface area (Å²) in [7, 11) is 0. The molecule has 0 saturated carbocycles. The van der Waals surface area contributed by atoms with Crippen LogP contribution in [0.3, 0.4) is 0 Å². The summed E-state index contributed by atoms with van der Waals surface area (Å²) < 4.78 is 40.4. The third-order valence-electron chi connectivity index (χ3n) is 3.14. The number of nitrogens with zero attached hydrogens (tertiary/aromatic N) is 1. The van der Waals surface area contributed by atoms with E-state index in [0.717, 1.165) is 5.56 Å². The van der Waals surface area contributed by atoms with Crippen molar-refractivity contribution in [1.29, 1.82) is 0 Å². The lowest BCUT2D eigenvalue weighted by Crippen LogP contribution is -2.33. The van der Waals surface area contributed by atoms with Gasteiger partial charge in [0.25, 0.3) is 11.7 Å². The van der Waals surface area contributed by atoms with Gasteiger partial charge in [0.2, 0.25) is 0 Å². The van der Waals surface area contributed by atoms with E-state index in [2.05, 4.69) is 4.74 Å². The van der Waals surface area contributed by atoms with E-state index in [9.17, 15) is 22.8 Å². The van der Waals surface area contributed by atoms with Gasteiger partial charge >= 0.3 is 6.18 Å². The minimum atomic E-state index is -4.41. The van der Waals surface area contributed by atoms with E-state index < -0.39 is 24.5 Å². The zero-order chi connectivity index (χ0) is 15.8. The Hall–Kier alpha value is -1.89. The Morgan fingerprint density at radius 3 is 2.48 bits per heavy atom. The molecule has 0 radical (unpaired) electrons. The maximum Gasteiger partial charge on any atom is 0.411 e. The van der Waals surface area contributed by atoms with Crippen LogP contribution < -0.4 is 4.90 Å². The van der Waals surface area contributed by atoms with Crippen molar-refractivity contribution < 1.29 is 27.5 Å². The highest BCUT2D eigenvalue weighted by Crippen LogP contribution is 2.32. The monoisotopic (exact) mass is 301 g/mol. The van der Waals surface area contributed by atoms with Crippen LogP contribution in [0.5, 0.6) is 0 Å². The number of rotatable bonds is 4. The second-order valence-corrected chi connectivity index (χ2v) is 4.93. The highest BCUT2D eigenvalue weighted by atomic mass is 19.4. The molecule has 1 aliphatic rings. The number of ketones is 1. The molecule has 21 heavy (non-hydrogen) atoms. The van der Waals surface area contributed by atoms with Gasteiger partial charge in [-0.3, -0.25) is 9.59 Å². The van der Waals surface area contributed by atoms with Crippen LogP contribution in [0, 0.1) is 13.8 Å². The molecule has 0 spiro atoms. The Morgan fingerprint density at radius 1 is 1.19 bits per heavy atom. The fourth-order valence-corrected chi connectivity index (χ4v) is 2.36. The second kappa shape index (κ2) is 5.48. The third kappa shape index (κ3) is 3.24. The molecule has 1 amide bonds. The molecular formula is C14H14F3NO3. The van der Waals surface area contributed by atoms with E-state index in [1.807, 2.05) is 6.92 Å². The molecule has 0 atom stereocenters. The molecule has 2 rings (SSSR count). The standard InChI is InChI=1S/C14H14F3NO3/c1-8-5-9(2)11-10(6-8)18(13(20)12(11)19)3-4-21-7-14(15,16)17/h5-6H,3-4,7H2,1-2H3. The molecule has 1 aliphatic heterocycles. The summed E-state index contributed by atoms with van der Waals surface area (Å²) in [5.74, 6) is -1.35. The van der Waals surface area contributed by atoms with E-state index in [0.29, 0.717) is 16.8 Å². The Labute approximate surface area is 119 Å². The number of benzene rings is 1. The number of carbonyl (C=O) groups excluding carboxylic acids is 2. The van der Waals surface area contributed by atoms with Gasteiger partial charge in [-0.05, 0) is 31.0 Å². The highest BCUT2D eigenvalue weighted by Gasteiger charge is 2.37. The molecule has 0 fully saturated rings. The van der Waals surface area contributed by atoms with Crippen LogP contribution in [0.2, 0.25) is 0 Å². The van der Waals surface area contributed by atoms with Gasteiger partial charge in [0.1, 0.15) is 6.61 Å². The summed E-state index contributed by atoms with van der Waals surface area (Å²) in [6, 6.07) is 3.46. The van der Waals surface area contributed by atoms with Crippen LogP contribution in [-0.2, 0) is 9.53 Å². The lowest BCUT2D eigenvalue weighted by atomic mass is 10.0. The number of halogens is 3. The number of alkyl halides is 3. The van der Waals surface area contributed by atoms with Crippen LogP contribution in [0.4, 0.5) is 18.9 Å². The van der Waals surface area contributed by atoms with E-state index in [4.69, 9.17) is 0 Å². The molecule has 0 saturated heterocycles. The molecule has 1 aromatic carbocycles. The molecule has 0 unspecified atom stereocenters. The van der Waals surface area contributed by atoms with Gasteiger partial charge in [-0.25, -0.2) is 0 Å². The quantitative estimate of drug-likeness (QED) is 0.634. The van der Waals surface area contributed by atoms with Crippen molar-refractivity contribution in [3.63, 3.8) is 0 Å². The van der Waals surface area contributed by atoms with Gasteiger partial charge in [-0.1, -0.05) is 6.07 Å². The Kier molecular flexibility index (Phi) is 4.04. The summed E-state index contributed by atoms with van der Waals surface area (Å²) in [5.41, 5.74) is 2.32. The number of carbonyl (C=O) groups is 2. The average Bonchev–Trinajstić information content (AvgIpc) is 2.57. The average molecular weight is 301 g/mol. The van der Waals surface area contributed by atoms with Gasteiger partial charge < -0.3 is 9.64 Å². The number of Topliss-reactive ketones (excluding diaryl/α,β-unsaturated/α-hetero) is 1. The number of anilines is 1. The number of fused-ring (bicyclic) bond motifs is 1. The van der Waals surface area contributed by atoms with Crippen molar-refractivity contribution in [1.82, 2.24) is 0 Å². The van der Waals surface area contributed by atoms with Crippen LogP contribution in [0.15, 0.2) is 12.1 Å². The molecule has 4 nitrogen and oxygen atoms in total. The summed E-state index contributed by atoms with van der Waals surface area (Å²) >= 11 is 0. The minimum Gasteiger partial charge on any atom is -0.370 e. The van der Waals surface area contributed by atoms with Crippen molar-refractivity contribution in [2.45, 2.75) is 20.0 Å². The molecule has 0 aromatic heterocycles. The molecule has 1 aromatic rings. The normalized spacial score (nSPS) is 14.8. The van der Waals surface area contributed by atoms with Crippen molar-refractivity contribution in [2.24, 2.45) is 0 Å². The zero-order valence-electron chi connectivity index (χ0n) is 11.6. The first-order chi connectivity index (χ1) is 9.70. The first kappa shape index (κ1) is 15.5. The summed E-state index contributed by atoms with van der Waals surface area (Å²) in [6.07, 6.45) is -4.41. The van der Waals surface area contributed by atoms with Gasteiger partial charge in [0.15, 0.2) is 0 Å². The number of hydrogen-bond donors (Lipinski definition) is 0. The fourth-order valence-electron chi connectivity index (χ4n) is 2.36. The molecule has 7 heteroatoms. The first-order valence-corrected chi connectivity index (χ1v) is 6.32. The SMILES string of the molecule is Cc1cc(C)c2c(c1)N(CCOCC(F)(F)F)C(=O)C2=O. The zero-order valence-corrected chi connectivity index (χ0v) is 11.6. The Bertz CT molecular complexity index is 596. The third-order valence-corrected chi connectivity index (χ3v) is 3.14. The van der Waals surface area contributed by atoms with Crippen LogP contribution >= 0.6 is 0 Å². The van der Waals surface area contributed by atoms with Crippen molar-refractivity contribution >= 4 is 17.4 Å². The molecular weight excluding hydrogens is 287 g/mol. The van der Waals surface area contributed by atoms with Gasteiger partial charge in [-0.15, -0.1) is 0 Å². The predicted molar refractivity (Wildman–Crippen MR) is 69.5 cm³/mol. The summed E-state index contributed by atoms with van der Waals surface area (Å²) in [5, 5.41) is 0. The fraction of sp³-hybridized carbons (Fsp3) is 0.429. The van der Waals surface area contributed by atoms with E-state index in [-0.39, 0.29) is 13.2 Å². The van der Waals surface area contributed by atoms with Crippen molar-refractivity contribution in [3.8, 4) is 0 Å². The predicted octanol–water partition coefficient (Wildman–Crippen LogP) is 2.41. The molecule has 0 aliphatic carbocycles. The van der Waals surface area contributed by atoms with Gasteiger partial charge in [0, 0.05) is 6.54 Å². The Morgan fingerprint density at radius 2 is 1.86 bits per heavy atom. The number of amides is 1. The van der Waals surface area contributed by atoms with Crippen LogP contribution in [0.25, 0.3) is 0 Å². The Balaban J connectivity index is 2.12. The van der Waals surface area contributed by atoms with E-state index >= 15 is 0 Å². The largest absolute Gasteiger partial charge is 0.411 e. The number of aryl methyl sites for hydroxylation is 2. The van der Waals surface area contributed by atoms with Crippen LogP contribution in [0.1, 0.15) is 21.5 Å². The van der Waals surface area contributed by atoms with Crippen molar-refractivity contribution in [3.05, 3.63) is 28.8 Å². The van der Waals surface area contributed by atoms with E-state index in [1.165, 1.54) is 4.90 Å².